The monoisotopic (exact) mass is 836 g/mol. The Morgan fingerprint density at radius 1 is 0.793 bits per heavy atom. The molecule has 1 heterocycles. The molecule has 0 aromatic heterocycles. The average Bonchev–Trinajstić information content (AvgIpc) is 3.20. The molecule has 0 unspecified atom stereocenters. The quantitative estimate of drug-likeness (QED) is 0.0261. The van der Waals surface area contributed by atoms with Crippen molar-refractivity contribution in [1.82, 2.24) is 5.32 Å². The molecule has 10 nitrogen and oxygen atoms in total. The van der Waals surface area contributed by atoms with E-state index in [0.29, 0.717) is 19.4 Å². The predicted octanol–water partition coefficient (Wildman–Crippen LogP) is 10.4. The number of unbranched alkanes of at least 4 members (excludes halogenated alkanes) is 18. The van der Waals surface area contributed by atoms with Gasteiger partial charge in [-0.15, -0.1) is 0 Å². The summed E-state index contributed by atoms with van der Waals surface area (Å²) in [6, 6.07) is 9.57. The van der Waals surface area contributed by atoms with E-state index in [1.807, 2.05) is 30.3 Å². The SMILES string of the molecule is CCCCCCCCCCCCCC(=O)O[C@H]1[C@H](O)[C@@H](CO)O[C@@H](OCc2ccccc2)[C@@H]1NC(=O)C[C@@H](CCCCCCCCCCC)OCOCC[Si](C)(C)C. The number of hydrogen-bond donors (Lipinski definition) is 3. The second-order valence-electron chi connectivity index (χ2n) is 17.8. The Labute approximate surface area is 354 Å². The lowest BCUT2D eigenvalue weighted by molar-refractivity contribution is -0.277. The van der Waals surface area contributed by atoms with Crippen molar-refractivity contribution in [1.29, 1.82) is 0 Å². The molecule has 0 bridgehead atoms. The molecule has 6 atom stereocenters. The van der Waals surface area contributed by atoms with Gasteiger partial charge in [-0.05, 0) is 24.4 Å². The number of esters is 1. The molecule has 0 aliphatic carbocycles. The van der Waals surface area contributed by atoms with Crippen LogP contribution in [0.3, 0.4) is 0 Å². The highest BCUT2D eigenvalue weighted by Crippen LogP contribution is 2.27. The number of hydrogen-bond acceptors (Lipinski definition) is 9. The lowest BCUT2D eigenvalue weighted by atomic mass is 9.96. The van der Waals surface area contributed by atoms with Crippen LogP contribution in [-0.4, -0.2) is 86.9 Å². The second kappa shape index (κ2) is 32.9. The fourth-order valence-corrected chi connectivity index (χ4v) is 8.12. The lowest BCUT2D eigenvalue weighted by Gasteiger charge is -2.43. The van der Waals surface area contributed by atoms with E-state index < -0.39 is 51.3 Å². The lowest BCUT2D eigenvalue weighted by Crippen LogP contribution is -2.66. The number of benzene rings is 1. The molecule has 11 heteroatoms. The Bertz CT molecular complexity index is 1150. The van der Waals surface area contributed by atoms with Crippen molar-refractivity contribution < 1.29 is 43.5 Å². The van der Waals surface area contributed by atoms with Gasteiger partial charge in [0, 0.05) is 21.1 Å². The van der Waals surface area contributed by atoms with Crippen LogP contribution in [0.4, 0.5) is 0 Å². The summed E-state index contributed by atoms with van der Waals surface area (Å²) in [4.78, 5) is 27.2. The topological polar surface area (TPSA) is 133 Å². The zero-order chi connectivity index (χ0) is 42.3. The van der Waals surface area contributed by atoms with Gasteiger partial charge in [-0.1, -0.05) is 186 Å². The Morgan fingerprint density at radius 2 is 1.34 bits per heavy atom. The predicted molar refractivity (Wildman–Crippen MR) is 236 cm³/mol. The van der Waals surface area contributed by atoms with E-state index in [-0.39, 0.29) is 38.3 Å². The molecule has 336 valence electrons. The number of aliphatic hydroxyl groups excluding tert-OH is 2. The van der Waals surface area contributed by atoms with Crippen molar-refractivity contribution in [2.24, 2.45) is 0 Å². The summed E-state index contributed by atoms with van der Waals surface area (Å²) in [5.74, 6) is -0.785. The van der Waals surface area contributed by atoms with E-state index in [4.69, 9.17) is 23.7 Å². The highest BCUT2D eigenvalue weighted by Gasteiger charge is 2.48. The van der Waals surface area contributed by atoms with Crippen molar-refractivity contribution >= 4 is 20.0 Å². The van der Waals surface area contributed by atoms with Crippen molar-refractivity contribution in [3.63, 3.8) is 0 Å². The van der Waals surface area contributed by atoms with Gasteiger partial charge in [0.15, 0.2) is 12.4 Å². The molecular formula is C47H85NO9Si. The molecule has 1 fully saturated rings. The molecule has 0 radical (unpaired) electrons. The number of aliphatic hydroxyl groups is 2. The van der Waals surface area contributed by atoms with E-state index in [1.165, 1.54) is 83.5 Å². The smallest absolute Gasteiger partial charge is 0.306 e. The molecule has 58 heavy (non-hydrogen) atoms. The van der Waals surface area contributed by atoms with Crippen LogP contribution >= 0.6 is 0 Å². The first-order valence-electron chi connectivity index (χ1n) is 23.4. The minimum absolute atomic E-state index is 0.0647. The molecule has 1 amide bonds. The molecule has 3 N–H and O–H groups in total. The summed E-state index contributed by atoms with van der Waals surface area (Å²) >= 11 is 0. The zero-order valence-corrected chi connectivity index (χ0v) is 38.4. The Balaban J connectivity index is 2.06. The van der Waals surface area contributed by atoms with Crippen molar-refractivity contribution in [2.75, 3.05) is 20.0 Å². The number of rotatable bonds is 36. The minimum atomic E-state index is -1.37. The number of carbonyl (C=O) groups excluding carboxylic acids is 2. The fraction of sp³-hybridized carbons (Fsp3) is 0.830. The van der Waals surface area contributed by atoms with Gasteiger partial charge in [0.25, 0.3) is 0 Å². The molecule has 1 aromatic rings. The second-order valence-corrected chi connectivity index (χ2v) is 23.4. The average molecular weight is 836 g/mol. The first-order chi connectivity index (χ1) is 28.1. The van der Waals surface area contributed by atoms with E-state index in [9.17, 15) is 19.8 Å². The van der Waals surface area contributed by atoms with Gasteiger partial charge >= 0.3 is 5.97 Å². The van der Waals surface area contributed by atoms with Gasteiger partial charge < -0.3 is 39.2 Å². The van der Waals surface area contributed by atoms with Gasteiger partial charge in [-0.3, -0.25) is 9.59 Å². The Kier molecular flexibility index (Phi) is 29.6. The third kappa shape index (κ3) is 25.0. The third-order valence-corrected chi connectivity index (χ3v) is 12.8. The third-order valence-electron chi connectivity index (χ3n) is 11.1. The largest absolute Gasteiger partial charge is 0.457 e. The highest BCUT2D eigenvalue weighted by atomic mass is 28.3. The molecule has 1 aliphatic heterocycles. The first kappa shape index (κ1) is 52.3. The normalized spacial score (nSPS) is 20.2. The summed E-state index contributed by atoms with van der Waals surface area (Å²) in [5.41, 5.74) is 0.886. The fourth-order valence-electron chi connectivity index (χ4n) is 7.36. The Hall–Kier alpha value is -1.86. The molecule has 1 saturated heterocycles. The van der Waals surface area contributed by atoms with Gasteiger partial charge in [0.05, 0.1) is 25.7 Å². The number of ether oxygens (including phenoxy) is 5. The van der Waals surface area contributed by atoms with Crippen LogP contribution in [0.5, 0.6) is 0 Å². The molecular weight excluding hydrogens is 751 g/mol. The van der Waals surface area contributed by atoms with E-state index >= 15 is 0 Å². The van der Waals surface area contributed by atoms with Crippen molar-refractivity contribution in [2.45, 2.75) is 231 Å². The molecule has 1 aromatic carbocycles. The maximum atomic E-state index is 13.9. The van der Waals surface area contributed by atoms with Gasteiger partial charge in [0.1, 0.15) is 25.0 Å². The van der Waals surface area contributed by atoms with E-state index in [1.54, 1.807) is 0 Å². The van der Waals surface area contributed by atoms with Crippen LogP contribution in [0.15, 0.2) is 30.3 Å². The van der Waals surface area contributed by atoms with Crippen LogP contribution in [-0.2, 0) is 39.9 Å². The van der Waals surface area contributed by atoms with E-state index in [0.717, 1.165) is 50.1 Å². The molecule has 2 rings (SSSR count). The van der Waals surface area contributed by atoms with Crippen LogP contribution in [0.2, 0.25) is 25.7 Å². The summed E-state index contributed by atoms with van der Waals surface area (Å²) in [5, 5.41) is 24.6. The zero-order valence-electron chi connectivity index (χ0n) is 37.4. The van der Waals surface area contributed by atoms with Crippen LogP contribution in [0.1, 0.15) is 167 Å². The summed E-state index contributed by atoms with van der Waals surface area (Å²) in [6.45, 7) is 11.8. The van der Waals surface area contributed by atoms with Gasteiger partial charge in [-0.2, -0.15) is 0 Å². The van der Waals surface area contributed by atoms with Crippen LogP contribution < -0.4 is 5.32 Å². The Morgan fingerprint density at radius 3 is 1.90 bits per heavy atom. The molecule has 0 spiro atoms. The summed E-state index contributed by atoms with van der Waals surface area (Å²) < 4.78 is 30.2. The van der Waals surface area contributed by atoms with E-state index in [2.05, 4.69) is 38.8 Å². The number of carbonyl (C=O) groups is 2. The van der Waals surface area contributed by atoms with Gasteiger partial charge in [-0.25, -0.2) is 0 Å². The first-order valence-corrected chi connectivity index (χ1v) is 27.1. The standard InChI is InChI=1S/C47H85NO9Si/c1-6-8-10-12-14-16-17-19-21-23-28-32-43(51)57-46-44(47(56-41(36-49)45(46)52)54-37-39-29-25-24-26-30-39)48-42(50)35-40(55-38-53-33-34-58(3,4)5)31-27-22-20-18-15-13-11-9-7-2/h24-26,29-30,40-41,44-47,49,52H,6-23,27-28,31-38H2,1-5H3,(H,48,50)/t40-,41-,44-,45-,46-,47-/m1/s1. The summed E-state index contributed by atoms with van der Waals surface area (Å²) in [7, 11) is -1.26. The number of amides is 1. The number of nitrogens with one attached hydrogen (secondary N) is 1. The van der Waals surface area contributed by atoms with Crippen LogP contribution in [0.25, 0.3) is 0 Å². The molecule has 0 saturated carbocycles. The maximum Gasteiger partial charge on any atom is 0.306 e. The van der Waals surface area contributed by atoms with Crippen molar-refractivity contribution in [3.05, 3.63) is 35.9 Å². The van der Waals surface area contributed by atoms with Crippen molar-refractivity contribution in [3.8, 4) is 0 Å². The van der Waals surface area contributed by atoms with Gasteiger partial charge in [0.2, 0.25) is 5.91 Å². The minimum Gasteiger partial charge on any atom is -0.457 e. The maximum absolute atomic E-state index is 13.9. The molecule has 1 aliphatic rings. The summed E-state index contributed by atoms with van der Waals surface area (Å²) in [6.07, 6.45) is 19.5. The highest BCUT2D eigenvalue weighted by molar-refractivity contribution is 6.76. The van der Waals surface area contributed by atoms with Crippen LogP contribution in [0, 0.1) is 0 Å².